The van der Waals surface area contributed by atoms with Crippen LogP contribution in [-0.2, 0) is 16.1 Å². The third-order valence-corrected chi connectivity index (χ3v) is 4.25. The minimum Gasteiger partial charge on any atom is -0.461 e. The highest BCUT2D eigenvalue weighted by atomic mass is 16.5. The molecule has 3 atom stereocenters. The lowest BCUT2D eigenvalue weighted by molar-refractivity contribution is -0.150. The largest absolute Gasteiger partial charge is 0.461 e. The first-order valence-corrected chi connectivity index (χ1v) is 7.54. The third kappa shape index (κ3) is 3.83. The van der Waals surface area contributed by atoms with Crippen molar-refractivity contribution < 1.29 is 9.53 Å². The summed E-state index contributed by atoms with van der Waals surface area (Å²) in [5.74, 6) is -0.165. The summed E-state index contributed by atoms with van der Waals surface area (Å²) in [6, 6.07) is 11.0. The summed E-state index contributed by atoms with van der Waals surface area (Å²) >= 11 is 0. The van der Waals surface area contributed by atoms with Crippen molar-refractivity contribution in [3.05, 3.63) is 35.9 Å². The van der Waals surface area contributed by atoms with E-state index in [-0.39, 0.29) is 11.9 Å². The molecule has 0 spiro atoms. The molecule has 3 nitrogen and oxygen atoms in total. The van der Waals surface area contributed by atoms with E-state index >= 15 is 0 Å². The highest BCUT2D eigenvalue weighted by molar-refractivity contribution is 5.72. The molecule has 1 heterocycles. The van der Waals surface area contributed by atoms with Crippen LogP contribution in [0.5, 0.6) is 0 Å². The maximum Gasteiger partial charge on any atom is 0.310 e. The molecule has 0 saturated carbocycles. The molecule has 1 aliphatic rings. The number of ether oxygens (including phenoxy) is 1. The first-order valence-electron chi connectivity index (χ1n) is 7.54. The second-order valence-electron chi connectivity index (χ2n) is 5.97. The number of esters is 1. The fraction of sp³-hybridized carbons (Fsp3) is 0.588. The molecule has 1 fully saturated rings. The smallest absolute Gasteiger partial charge is 0.310 e. The van der Waals surface area contributed by atoms with E-state index in [0.717, 1.165) is 12.1 Å². The van der Waals surface area contributed by atoms with Crippen molar-refractivity contribution in [3.8, 4) is 0 Å². The molecule has 3 heteroatoms. The van der Waals surface area contributed by atoms with Gasteiger partial charge in [-0.05, 0) is 32.3 Å². The van der Waals surface area contributed by atoms with Crippen LogP contribution in [0.1, 0.15) is 39.2 Å². The highest BCUT2D eigenvalue weighted by Crippen LogP contribution is 2.24. The third-order valence-electron chi connectivity index (χ3n) is 4.25. The van der Waals surface area contributed by atoms with Gasteiger partial charge in [0.15, 0.2) is 0 Å². The predicted molar refractivity (Wildman–Crippen MR) is 80.3 cm³/mol. The Kier molecular flexibility index (Phi) is 5.18. The molecule has 110 valence electrons. The number of hydrogen-bond donors (Lipinski definition) is 0. The summed E-state index contributed by atoms with van der Waals surface area (Å²) in [6.45, 7) is 7.62. The molecule has 0 N–H and O–H groups in total. The van der Waals surface area contributed by atoms with Crippen LogP contribution < -0.4 is 0 Å². The second kappa shape index (κ2) is 6.89. The maximum absolute atomic E-state index is 12.1. The van der Waals surface area contributed by atoms with Crippen molar-refractivity contribution >= 4 is 5.97 Å². The average molecular weight is 275 g/mol. The average Bonchev–Trinajstić information content (AvgIpc) is 2.77. The lowest BCUT2D eigenvalue weighted by Gasteiger charge is -2.28. The van der Waals surface area contributed by atoms with Crippen LogP contribution in [-0.4, -0.2) is 29.5 Å². The van der Waals surface area contributed by atoms with Crippen molar-refractivity contribution in [1.82, 2.24) is 4.90 Å². The molecular weight excluding hydrogens is 250 g/mol. The summed E-state index contributed by atoms with van der Waals surface area (Å²) in [6.07, 6.45) is 2.46. The van der Waals surface area contributed by atoms with Crippen molar-refractivity contribution in [2.24, 2.45) is 5.92 Å². The maximum atomic E-state index is 12.1. The first-order chi connectivity index (χ1) is 9.58. The second-order valence-corrected chi connectivity index (χ2v) is 5.97. The van der Waals surface area contributed by atoms with E-state index < -0.39 is 0 Å². The summed E-state index contributed by atoms with van der Waals surface area (Å²) in [4.78, 5) is 14.5. The zero-order chi connectivity index (χ0) is 14.5. The van der Waals surface area contributed by atoms with Gasteiger partial charge in [-0.3, -0.25) is 9.69 Å². The zero-order valence-corrected chi connectivity index (χ0v) is 12.7. The monoisotopic (exact) mass is 275 g/mol. The van der Waals surface area contributed by atoms with E-state index in [1.54, 1.807) is 0 Å². The fourth-order valence-corrected chi connectivity index (χ4v) is 2.87. The Morgan fingerprint density at radius 1 is 1.25 bits per heavy atom. The van der Waals surface area contributed by atoms with Gasteiger partial charge in [-0.2, -0.15) is 0 Å². The van der Waals surface area contributed by atoms with Crippen LogP contribution in [0.3, 0.4) is 0 Å². The Bertz CT molecular complexity index is 422. The van der Waals surface area contributed by atoms with Gasteiger partial charge in [-0.15, -0.1) is 0 Å². The number of rotatable bonds is 5. The van der Waals surface area contributed by atoms with Gasteiger partial charge in [0.25, 0.3) is 0 Å². The highest BCUT2D eigenvalue weighted by Gasteiger charge is 2.30. The van der Waals surface area contributed by atoms with Gasteiger partial charge in [0.2, 0.25) is 0 Å². The van der Waals surface area contributed by atoms with Crippen molar-refractivity contribution in [3.63, 3.8) is 0 Å². The number of nitrogens with zero attached hydrogens (tertiary/aromatic N) is 1. The predicted octanol–water partition coefficient (Wildman–Crippen LogP) is 3.24. The van der Waals surface area contributed by atoms with Crippen LogP contribution >= 0.6 is 0 Å². The first kappa shape index (κ1) is 15.0. The Morgan fingerprint density at radius 3 is 2.45 bits per heavy atom. The van der Waals surface area contributed by atoms with Gasteiger partial charge < -0.3 is 4.74 Å². The molecule has 3 unspecified atom stereocenters. The van der Waals surface area contributed by atoms with E-state index in [9.17, 15) is 4.79 Å². The normalized spacial score (nSPS) is 24.6. The molecule has 0 amide bonds. The number of benzene rings is 1. The number of likely N-dealkylation sites (tertiary alicyclic amines) is 1. The lowest BCUT2D eigenvalue weighted by Crippen LogP contribution is -2.38. The van der Waals surface area contributed by atoms with E-state index in [1.165, 1.54) is 12.8 Å². The minimum atomic E-state index is -0.0971. The standard InChI is InChI=1S/C17H25NO2/c1-13(11-18-14(2)9-10-15(18)3)17(19)20-12-16-7-5-4-6-8-16/h4-8,13-15H,9-12H2,1-3H3. The molecule has 0 bridgehead atoms. The van der Waals surface area contributed by atoms with Crippen LogP contribution in [0.2, 0.25) is 0 Å². The molecule has 1 aliphatic heterocycles. The van der Waals surface area contributed by atoms with E-state index in [4.69, 9.17) is 4.74 Å². The van der Waals surface area contributed by atoms with Crippen LogP contribution in [0.25, 0.3) is 0 Å². The van der Waals surface area contributed by atoms with Crippen molar-refractivity contribution in [1.29, 1.82) is 0 Å². The number of carbonyl (C=O) groups is 1. The van der Waals surface area contributed by atoms with Crippen LogP contribution in [0, 0.1) is 5.92 Å². The summed E-state index contributed by atoms with van der Waals surface area (Å²) in [5.41, 5.74) is 1.04. The van der Waals surface area contributed by atoms with Gasteiger partial charge in [0.1, 0.15) is 6.61 Å². The van der Waals surface area contributed by atoms with Crippen LogP contribution in [0.4, 0.5) is 0 Å². The quantitative estimate of drug-likeness (QED) is 0.773. The lowest BCUT2D eigenvalue weighted by atomic mass is 10.1. The molecule has 0 aliphatic carbocycles. The van der Waals surface area contributed by atoms with Crippen molar-refractivity contribution in [2.45, 2.75) is 52.3 Å². The van der Waals surface area contributed by atoms with E-state index in [0.29, 0.717) is 18.7 Å². The van der Waals surface area contributed by atoms with Crippen LogP contribution in [0.15, 0.2) is 30.3 Å². The molecule has 0 radical (unpaired) electrons. The van der Waals surface area contributed by atoms with Gasteiger partial charge in [0, 0.05) is 18.6 Å². The Morgan fingerprint density at radius 2 is 1.85 bits per heavy atom. The van der Waals surface area contributed by atoms with Gasteiger partial charge in [-0.1, -0.05) is 37.3 Å². The molecule has 1 aromatic rings. The topological polar surface area (TPSA) is 29.5 Å². The Balaban J connectivity index is 1.80. The molecule has 20 heavy (non-hydrogen) atoms. The Labute approximate surface area is 121 Å². The fourth-order valence-electron chi connectivity index (χ4n) is 2.87. The van der Waals surface area contributed by atoms with Gasteiger partial charge in [0.05, 0.1) is 5.92 Å². The minimum absolute atomic E-state index is 0.0679. The molecule has 1 aromatic carbocycles. The number of hydrogen-bond acceptors (Lipinski definition) is 3. The van der Waals surface area contributed by atoms with Gasteiger partial charge in [-0.25, -0.2) is 0 Å². The Hall–Kier alpha value is -1.35. The molecular formula is C17H25NO2. The van der Waals surface area contributed by atoms with E-state index in [2.05, 4.69) is 18.7 Å². The molecule has 1 saturated heterocycles. The summed E-state index contributed by atoms with van der Waals surface area (Å²) in [7, 11) is 0. The van der Waals surface area contributed by atoms with Crippen molar-refractivity contribution in [2.75, 3.05) is 6.54 Å². The molecule has 0 aromatic heterocycles. The SMILES string of the molecule is CC(CN1C(C)CCC1C)C(=O)OCc1ccccc1. The molecule has 2 rings (SSSR count). The summed E-state index contributed by atoms with van der Waals surface area (Å²) < 4.78 is 5.41. The van der Waals surface area contributed by atoms with E-state index in [1.807, 2.05) is 37.3 Å². The van der Waals surface area contributed by atoms with Gasteiger partial charge >= 0.3 is 5.97 Å². The zero-order valence-electron chi connectivity index (χ0n) is 12.7. The summed E-state index contributed by atoms with van der Waals surface area (Å²) in [5, 5.41) is 0. The number of carbonyl (C=O) groups excluding carboxylic acids is 1.